The molecule has 21 heavy (non-hydrogen) atoms. The van der Waals surface area contributed by atoms with E-state index in [1.165, 1.54) is 6.07 Å². The first-order valence-corrected chi connectivity index (χ1v) is 6.32. The maximum atomic E-state index is 13.8. The molecule has 0 unspecified atom stereocenters. The molecule has 0 aliphatic carbocycles. The van der Waals surface area contributed by atoms with Crippen LogP contribution >= 0.6 is 12.4 Å². The lowest BCUT2D eigenvalue weighted by atomic mass is 10.1. The molecule has 0 aliphatic rings. The highest BCUT2D eigenvalue weighted by Crippen LogP contribution is 2.22. The van der Waals surface area contributed by atoms with Gasteiger partial charge in [0.1, 0.15) is 11.7 Å². The Morgan fingerprint density at radius 1 is 1.29 bits per heavy atom. The van der Waals surface area contributed by atoms with Crippen LogP contribution in [-0.4, -0.2) is 24.4 Å². The molecule has 1 aromatic heterocycles. The second-order valence-electron chi connectivity index (χ2n) is 4.57. The van der Waals surface area contributed by atoms with Gasteiger partial charge in [-0.05, 0) is 36.2 Å². The zero-order chi connectivity index (χ0) is 14.5. The average molecular weight is 309 g/mol. The number of likely N-dealkylation sites (N-methyl/N-ethyl adjacent to an activating group) is 1. The van der Waals surface area contributed by atoms with Gasteiger partial charge in [0, 0.05) is 26.0 Å². The first-order valence-electron chi connectivity index (χ1n) is 6.32. The molecule has 0 atom stereocenters. The number of amidine groups is 1. The minimum absolute atomic E-state index is 0. The predicted octanol–water partition coefficient (Wildman–Crippen LogP) is 2.61. The van der Waals surface area contributed by atoms with Crippen molar-refractivity contribution in [1.29, 1.82) is 5.41 Å². The van der Waals surface area contributed by atoms with Gasteiger partial charge in [0.25, 0.3) is 0 Å². The predicted molar refractivity (Wildman–Crippen MR) is 85.9 cm³/mol. The molecule has 0 amide bonds. The van der Waals surface area contributed by atoms with E-state index in [1.54, 1.807) is 24.5 Å². The summed E-state index contributed by atoms with van der Waals surface area (Å²) in [5.74, 6) is -0.723. The Balaban J connectivity index is 0.00000220. The molecule has 0 saturated heterocycles. The Morgan fingerprint density at radius 3 is 2.57 bits per heavy atom. The van der Waals surface area contributed by atoms with E-state index in [4.69, 9.17) is 11.1 Å². The van der Waals surface area contributed by atoms with Crippen LogP contribution in [0.3, 0.4) is 0 Å². The lowest BCUT2D eigenvalue weighted by Crippen LogP contribution is -2.25. The standard InChI is InChI=1S/C15H17FN4.ClH/c1-20(10-7-11-5-8-19-9-6-11)13-4-2-3-12(16)14(13)15(17)18;/h2-6,8-9H,7,10H2,1H3,(H3,17,18);1H. The molecule has 4 nitrogen and oxygen atoms in total. The van der Waals surface area contributed by atoms with Gasteiger partial charge >= 0.3 is 0 Å². The Labute approximate surface area is 129 Å². The Hall–Kier alpha value is -2.14. The van der Waals surface area contributed by atoms with Crippen LogP contribution in [0.15, 0.2) is 42.7 Å². The lowest BCUT2D eigenvalue weighted by Gasteiger charge is -2.22. The van der Waals surface area contributed by atoms with Crippen LogP contribution in [0.1, 0.15) is 11.1 Å². The smallest absolute Gasteiger partial charge is 0.136 e. The number of rotatable bonds is 5. The molecule has 0 radical (unpaired) electrons. The molecule has 0 spiro atoms. The molecule has 2 aromatic rings. The maximum Gasteiger partial charge on any atom is 0.136 e. The largest absolute Gasteiger partial charge is 0.384 e. The van der Waals surface area contributed by atoms with E-state index in [9.17, 15) is 4.39 Å². The fourth-order valence-corrected chi connectivity index (χ4v) is 2.06. The summed E-state index contributed by atoms with van der Waals surface area (Å²) in [6.07, 6.45) is 4.31. The van der Waals surface area contributed by atoms with Crippen molar-refractivity contribution in [2.45, 2.75) is 6.42 Å². The number of nitrogens with two attached hydrogens (primary N) is 1. The molecule has 0 bridgehead atoms. The molecule has 2 rings (SSSR count). The van der Waals surface area contributed by atoms with Gasteiger partial charge in [-0.1, -0.05) is 6.07 Å². The van der Waals surface area contributed by atoms with Crippen molar-refractivity contribution in [3.05, 3.63) is 59.7 Å². The van der Waals surface area contributed by atoms with Crippen molar-refractivity contribution in [2.24, 2.45) is 5.73 Å². The normalized spacial score (nSPS) is 9.81. The highest BCUT2D eigenvalue weighted by molar-refractivity contribution is 6.00. The van der Waals surface area contributed by atoms with Crippen LogP contribution in [0.2, 0.25) is 0 Å². The third-order valence-electron chi connectivity index (χ3n) is 3.16. The molecule has 0 fully saturated rings. The third-order valence-corrected chi connectivity index (χ3v) is 3.16. The van der Waals surface area contributed by atoms with E-state index in [1.807, 2.05) is 24.1 Å². The van der Waals surface area contributed by atoms with Gasteiger partial charge in [-0.25, -0.2) is 4.39 Å². The number of nitrogen functional groups attached to an aromatic ring is 1. The molecule has 1 aromatic carbocycles. The molecule has 0 aliphatic heterocycles. The van der Waals surface area contributed by atoms with Gasteiger partial charge in [0.15, 0.2) is 0 Å². The quantitative estimate of drug-likeness (QED) is 0.659. The number of hydrogen-bond donors (Lipinski definition) is 2. The van der Waals surface area contributed by atoms with E-state index in [0.717, 1.165) is 12.0 Å². The first kappa shape index (κ1) is 16.9. The van der Waals surface area contributed by atoms with Gasteiger partial charge in [-0.2, -0.15) is 0 Å². The summed E-state index contributed by atoms with van der Waals surface area (Å²) in [6, 6.07) is 8.61. The van der Waals surface area contributed by atoms with Crippen LogP contribution in [0.25, 0.3) is 0 Å². The highest BCUT2D eigenvalue weighted by atomic mass is 35.5. The van der Waals surface area contributed by atoms with E-state index >= 15 is 0 Å². The molecule has 1 heterocycles. The molecule has 0 saturated carbocycles. The number of nitrogens with zero attached hydrogens (tertiary/aromatic N) is 2. The fourth-order valence-electron chi connectivity index (χ4n) is 2.06. The summed E-state index contributed by atoms with van der Waals surface area (Å²) in [5, 5.41) is 7.51. The number of benzene rings is 1. The molecular weight excluding hydrogens is 291 g/mol. The number of halogens is 2. The topological polar surface area (TPSA) is 66.0 Å². The van der Waals surface area contributed by atoms with Crippen molar-refractivity contribution in [2.75, 3.05) is 18.5 Å². The zero-order valence-corrected chi connectivity index (χ0v) is 12.5. The van der Waals surface area contributed by atoms with Crippen LogP contribution in [0.5, 0.6) is 0 Å². The number of aromatic nitrogens is 1. The lowest BCUT2D eigenvalue weighted by molar-refractivity contribution is 0.624. The monoisotopic (exact) mass is 308 g/mol. The van der Waals surface area contributed by atoms with Gasteiger partial charge in [-0.3, -0.25) is 10.4 Å². The van der Waals surface area contributed by atoms with Crippen LogP contribution in [0.4, 0.5) is 10.1 Å². The van der Waals surface area contributed by atoms with Crippen molar-refractivity contribution >= 4 is 23.9 Å². The number of anilines is 1. The third kappa shape index (κ3) is 4.16. The Kier molecular flexibility index (Phi) is 6.11. The maximum absolute atomic E-state index is 13.8. The van der Waals surface area contributed by atoms with E-state index in [-0.39, 0.29) is 23.8 Å². The number of nitrogens with one attached hydrogen (secondary N) is 1. The van der Waals surface area contributed by atoms with Crippen LogP contribution < -0.4 is 10.6 Å². The van der Waals surface area contributed by atoms with Crippen molar-refractivity contribution in [1.82, 2.24) is 4.98 Å². The minimum Gasteiger partial charge on any atom is -0.384 e. The average Bonchev–Trinajstić information content (AvgIpc) is 2.45. The number of pyridine rings is 1. The fraction of sp³-hybridized carbons (Fsp3) is 0.200. The first-order chi connectivity index (χ1) is 9.59. The Bertz CT molecular complexity index is 604. The van der Waals surface area contributed by atoms with E-state index in [0.29, 0.717) is 12.2 Å². The zero-order valence-electron chi connectivity index (χ0n) is 11.7. The summed E-state index contributed by atoms with van der Waals surface area (Å²) in [4.78, 5) is 5.87. The van der Waals surface area contributed by atoms with Crippen LogP contribution in [0, 0.1) is 11.2 Å². The van der Waals surface area contributed by atoms with Crippen molar-refractivity contribution < 1.29 is 4.39 Å². The summed E-state index contributed by atoms with van der Waals surface area (Å²) >= 11 is 0. The van der Waals surface area contributed by atoms with Gasteiger partial charge < -0.3 is 10.6 Å². The molecular formula is C15H18ClFN4. The summed E-state index contributed by atoms with van der Waals surface area (Å²) in [6.45, 7) is 0.702. The number of hydrogen-bond acceptors (Lipinski definition) is 3. The minimum atomic E-state index is -0.467. The molecule has 3 N–H and O–H groups in total. The van der Waals surface area contributed by atoms with Crippen molar-refractivity contribution in [3.63, 3.8) is 0 Å². The molecule has 6 heteroatoms. The second-order valence-corrected chi connectivity index (χ2v) is 4.57. The highest BCUT2D eigenvalue weighted by Gasteiger charge is 2.14. The van der Waals surface area contributed by atoms with Gasteiger partial charge in [-0.15, -0.1) is 12.4 Å². The van der Waals surface area contributed by atoms with Crippen molar-refractivity contribution in [3.8, 4) is 0 Å². The summed E-state index contributed by atoms with van der Waals surface area (Å²) in [5.41, 5.74) is 7.42. The van der Waals surface area contributed by atoms with E-state index in [2.05, 4.69) is 4.98 Å². The summed E-state index contributed by atoms with van der Waals surface area (Å²) < 4.78 is 13.8. The summed E-state index contributed by atoms with van der Waals surface area (Å²) in [7, 11) is 1.86. The van der Waals surface area contributed by atoms with Gasteiger partial charge in [0.05, 0.1) is 11.3 Å². The van der Waals surface area contributed by atoms with Gasteiger partial charge in [0.2, 0.25) is 0 Å². The second kappa shape index (κ2) is 7.59. The SMILES string of the molecule is CN(CCc1ccncc1)c1cccc(F)c1C(=N)N.Cl. The Morgan fingerprint density at radius 2 is 1.95 bits per heavy atom. The van der Waals surface area contributed by atoms with Crippen LogP contribution in [-0.2, 0) is 6.42 Å². The van der Waals surface area contributed by atoms with E-state index < -0.39 is 5.82 Å². The molecule has 112 valence electrons.